The smallest absolute Gasteiger partial charge is 0.282 e. The maximum Gasteiger partial charge on any atom is 0.282 e. The van der Waals surface area contributed by atoms with Gasteiger partial charge in [-0.1, -0.05) is 0 Å². The molecule has 0 fully saturated rings. The first-order valence-corrected chi connectivity index (χ1v) is 4.87. The molecule has 0 atom stereocenters. The zero-order valence-corrected chi connectivity index (χ0v) is 9.22. The Hall–Kier alpha value is -2.02. The van der Waals surface area contributed by atoms with E-state index in [1.54, 1.807) is 0 Å². The largest absolute Gasteiger partial charge is 0.340 e. The summed E-state index contributed by atoms with van der Waals surface area (Å²) in [7, 11) is 1.45. The minimum absolute atomic E-state index is 0.228. The molecule has 1 aromatic carbocycles. The van der Waals surface area contributed by atoms with Gasteiger partial charge in [-0.2, -0.15) is 0 Å². The van der Waals surface area contributed by atoms with Crippen molar-refractivity contribution in [2.24, 2.45) is 5.73 Å². The molecule has 0 aliphatic heterocycles. The Kier molecular flexibility index (Phi) is 4.11. The van der Waals surface area contributed by atoms with Crippen LogP contribution in [0.4, 0.5) is 10.1 Å². The lowest BCUT2D eigenvalue weighted by molar-refractivity contribution is -0.385. The van der Waals surface area contributed by atoms with Gasteiger partial charge in [0.25, 0.3) is 11.6 Å². The molecular weight excluding hydrogens is 229 g/mol. The van der Waals surface area contributed by atoms with Crippen molar-refractivity contribution in [2.45, 2.75) is 0 Å². The van der Waals surface area contributed by atoms with Crippen LogP contribution in [0.5, 0.6) is 0 Å². The number of nitrogens with two attached hydrogens (primary N) is 1. The summed E-state index contributed by atoms with van der Waals surface area (Å²) in [5, 5.41) is 10.7. The van der Waals surface area contributed by atoms with Crippen LogP contribution in [0, 0.1) is 15.9 Å². The molecule has 0 aliphatic carbocycles. The summed E-state index contributed by atoms with van der Waals surface area (Å²) in [6.07, 6.45) is 0. The van der Waals surface area contributed by atoms with Crippen molar-refractivity contribution in [3.63, 3.8) is 0 Å². The number of rotatable bonds is 4. The second-order valence-electron chi connectivity index (χ2n) is 3.43. The molecule has 0 unspecified atom stereocenters. The van der Waals surface area contributed by atoms with E-state index < -0.39 is 22.3 Å². The number of amides is 1. The van der Waals surface area contributed by atoms with Crippen molar-refractivity contribution in [1.82, 2.24) is 4.90 Å². The molecule has 6 nitrogen and oxygen atoms in total. The van der Waals surface area contributed by atoms with Crippen LogP contribution in [0.3, 0.4) is 0 Å². The van der Waals surface area contributed by atoms with Gasteiger partial charge in [0.05, 0.1) is 4.92 Å². The molecule has 7 heteroatoms. The number of nitro groups is 1. The first-order chi connectivity index (χ1) is 7.97. The molecular formula is C10H12FN3O3. The Morgan fingerprint density at radius 2 is 2.24 bits per heavy atom. The molecule has 0 spiro atoms. The van der Waals surface area contributed by atoms with Gasteiger partial charge < -0.3 is 10.6 Å². The van der Waals surface area contributed by atoms with E-state index in [1.165, 1.54) is 11.9 Å². The van der Waals surface area contributed by atoms with E-state index in [4.69, 9.17) is 5.73 Å². The summed E-state index contributed by atoms with van der Waals surface area (Å²) in [5.74, 6) is -1.32. The predicted octanol–water partition coefficient (Wildman–Crippen LogP) is 0.765. The zero-order chi connectivity index (χ0) is 13.0. The quantitative estimate of drug-likeness (QED) is 0.622. The first-order valence-electron chi connectivity index (χ1n) is 4.87. The van der Waals surface area contributed by atoms with Crippen molar-refractivity contribution in [3.8, 4) is 0 Å². The van der Waals surface area contributed by atoms with Crippen LogP contribution in [0.1, 0.15) is 10.4 Å². The van der Waals surface area contributed by atoms with Gasteiger partial charge in [-0.05, 0) is 12.1 Å². The summed E-state index contributed by atoms with van der Waals surface area (Å²) in [5.41, 5.74) is 4.58. The molecule has 0 aliphatic rings. The maximum atomic E-state index is 13.0. The lowest BCUT2D eigenvalue weighted by Gasteiger charge is -2.15. The summed E-state index contributed by atoms with van der Waals surface area (Å²) < 4.78 is 13.0. The van der Waals surface area contributed by atoms with Gasteiger partial charge in [0.2, 0.25) is 0 Å². The fourth-order valence-electron chi connectivity index (χ4n) is 1.34. The van der Waals surface area contributed by atoms with Gasteiger partial charge in [0.1, 0.15) is 11.4 Å². The summed E-state index contributed by atoms with van der Waals surface area (Å²) in [4.78, 5) is 23.0. The molecule has 2 N–H and O–H groups in total. The molecule has 0 saturated carbocycles. The summed E-state index contributed by atoms with van der Waals surface area (Å²) in [6.45, 7) is 0.470. The van der Waals surface area contributed by atoms with Crippen molar-refractivity contribution in [1.29, 1.82) is 0 Å². The van der Waals surface area contributed by atoms with Crippen LogP contribution in [0.15, 0.2) is 18.2 Å². The number of nitrogens with zero attached hydrogens (tertiary/aromatic N) is 2. The highest BCUT2D eigenvalue weighted by Gasteiger charge is 2.23. The standard InChI is InChI=1S/C10H12FN3O3/c1-13(5-4-12)10(15)8-6-7(11)2-3-9(8)14(16)17/h2-3,6H,4-5,12H2,1H3. The number of carbonyl (C=O) groups is 1. The van der Waals surface area contributed by atoms with E-state index in [0.717, 1.165) is 18.2 Å². The van der Waals surface area contributed by atoms with Crippen molar-refractivity contribution in [2.75, 3.05) is 20.1 Å². The number of hydrogen-bond donors (Lipinski definition) is 1. The van der Waals surface area contributed by atoms with Crippen LogP contribution in [-0.4, -0.2) is 35.9 Å². The van der Waals surface area contributed by atoms with Crippen molar-refractivity contribution >= 4 is 11.6 Å². The fraction of sp³-hybridized carbons (Fsp3) is 0.300. The molecule has 1 rings (SSSR count). The van der Waals surface area contributed by atoms with Gasteiger partial charge >= 0.3 is 0 Å². The monoisotopic (exact) mass is 241 g/mol. The Bertz CT molecular complexity index is 450. The van der Waals surface area contributed by atoms with Crippen LogP contribution < -0.4 is 5.73 Å². The molecule has 1 amide bonds. The Balaban J connectivity index is 3.15. The van der Waals surface area contributed by atoms with E-state index in [1.807, 2.05) is 0 Å². The second-order valence-corrected chi connectivity index (χ2v) is 3.43. The van der Waals surface area contributed by atoms with Crippen LogP contribution in [0.25, 0.3) is 0 Å². The van der Waals surface area contributed by atoms with Crippen molar-refractivity contribution in [3.05, 3.63) is 39.7 Å². The number of likely N-dealkylation sites (N-methyl/N-ethyl adjacent to an activating group) is 1. The predicted molar refractivity (Wildman–Crippen MR) is 59.1 cm³/mol. The van der Waals surface area contributed by atoms with Crippen LogP contribution in [0.2, 0.25) is 0 Å². The third-order valence-electron chi connectivity index (χ3n) is 2.20. The Morgan fingerprint density at radius 3 is 2.76 bits per heavy atom. The van der Waals surface area contributed by atoms with Gasteiger partial charge in [-0.25, -0.2) is 4.39 Å². The number of halogens is 1. The van der Waals surface area contributed by atoms with E-state index >= 15 is 0 Å². The maximum absolute atomic E-state index is 13.0. The van der Waals surface area contributed by atoms with Gasteiger partial charge in [-0.15, -0.1) is 0 Å². The van der Waals surface area contributed by atoms with E-state index in [-0.39, 0.29) is 18.7 Å². The molecule has 0 heterocycles. The molecule has 0 radical (unpaired) electrons. The average molecular weight is 241 g/mol. The Labute approximate surface area is 97.0 Å². The summed E-state index contributed by atoms with van der Waals surface area (Å²) in [6, 6.07) is 2.77. The molecule has 0 bridgehead atoms. The van der Waals surface area contributed by atoms with Crippen molar-refractivity contribution < 1.29 is 14.1 Å². The van der Waals surface area contributed by atoms with Gasteiger partial charge in [-0.3, -0.25) is 14.9 Å². The molecule has 1 aromatic rings. The van der Waals surface area contributed by atoms with Crippen LogP contribution >= 0.6 is 0 Å². The third kappa shape index (κ3) is 2.97. The molecule has 0 saturated heterocycles. The number of nitro benzene ring substituents is 1. The van der Waals surface area contributed by atoms with E-state index in [2.05, 4.69) is 0 Å². The lowest BCUT2D eigenvalue weighted by Crippen LogP contribution is -2.32. The van der Waals surface area contributed by atoms with E-state index in [9.17, 15) is 19.3 Å². The Morgan fingerprint density at radius 1 is 1.59 bits per heavy atom. The van der Waals surface area contributed by atoms with Gasteiger partial charge in [0, 0.05) is 26.2 Å². The second kappa shape index (κ2) is 5.35. The van der Waals surface area contributed by atoms with E-state index in [0.29, 0.717) is 0 Å². The number of benzene rings is 1. The molecule has 0 aromatic heterocycles. The summed E-state index contributed by atoms with van der Waals surface area (Å²) >= 11 is 0. The SMILES string of the molecule is CN(CCN)C(=O)c1cc(F)ccc1[N+](=O)[O-]. The molecule has 17 heavy (non-hydrogen) atoms. The lowest BCUT2D eigenvalue weighted by atomic mass is 10.1. The highest BCUT2D eigenvalue weighted by Crippen LogP contribution is 2.20. The zero-order valence-electron chi connectivity index (χ0n) is 9.22. The third-order valence-corrected chi connectivity index (χ3v) is 2.20. The normalized spacial score (nSPS) is 10.1. The van der Waals surface area contributed by atoms with Gasteiger partial charge in [0.15, 0.2) is 0 Å². The minimum Gasteiger partial charge on any atom is -0.340 e. The first kappa shape index (κ1) is 13.0. The topological polar surface area (TPSA) is 89.5 Å². The number of hydrogen-bond acceptors (Lipinski definition) is 4. The molecule has 92 valence electrons. The highest BCUT2D eigenvalue weighted by atomic mass is 19.1. The van der Waals surface area contributed by atoms with Crippen LogP contribution in [-0.2, 0) is 0 Å². The fourth-order valence-corrected chi connectivity index (χ4v) is 1.34. The highest BCUT2D eigenvalue weighted by molar-refractivity contribution is 5.98. The minimum atomic E-state index is -0.719. The average Bonchev–Trinajstić information content (AvgIpc) is 2.27. The number of carbonyl (C=O) groups excluding carboxylic acids is 1.